The minimum atomic E-state index is -4.54. The van der Waals surface area contributed by atoms with Crippen LogP contribution in [-0.2, 0) is 12.6 Å². The van der Waals surface area contributed by atoms with Gasteiger partial charge in [0.05, 0.1) is 11.3 Å². The van der Waals surface area contributed by atoms with Crippen molar-refractivity contribution in [1.82, 2.24) is 4.98 Å². The number of carbonyl (C=O) groups is 1. The van der Waals surface area contributed by atoms with Crippen LogP contribution in [0.2, 0.25) is 0 Å². The predicted molar refractivity (Wildman–Crippen MR) is 76.6 cm³/mol. The van der Waals surface area contributed by atoms with Crippen molar-refractivity contribution in [2.75, 3.05) is 0 Å². The first-order valence-corrected chi connectivity index (χ1v) is 7.45. The molecule has 3 nitrogen and oxygen atoms in total. The van der Waals surface area contributed by atoms with Crippen molar-refractivity contribution in [2.45, 2.75) is 19.5 Å². The van der Waals surface area contributed by atoms with Gasteiger partial charge < -0.3 is 5.11 Å². The van der Waals surface area contributed by atoms with Crippen LogP contribution in [0.4, 0.5) is 13.2 Å². The molecular weight excluding hydrogens is 371 g/mol. The van der Waals surface area contributed by atoms with Gasteiger partial charge in [-0.15, -0.1) is 11.3 Å². The highest BCUT2D eigenvalue weighted by atomic mass is 79.9. The Morgan fingerprint density at radius 3 is 2.57 bits per heavy atom. The number of rotatable bonds is 3. The Balaban J connectivity index is 2.65. The van der Waals surface area contributed by atoms with E-state index in [0.29, 0.717) is 16.6 Å². The van der Waals surface area contributed by atoms with Crippen LogP contribution in [0.25, 0.3) is 10.6 Å². The number of hydrogen-bond acceptors (Lipinski definition) is 3. The summed E-state index contributed by atoms with van der Waals surface area (Å²) in [6.07, 6.45) is -4.20. The first-order valence-electron chi connectivity index (χ1n) is 5.84. The lowest BCUT2D eigenvalue weighted by molar-refractivity contribution is -0.137. The maximum absolute atomic E-state index is 13.1. The van der Waals surface area contributed by atoms with E-state index in [-0.39, 0.29) is 15.4 Å². The molecule has 0 unspecified atom stereocenters. The van der Waals surface area contributed by atoms with Crippen molar-refractivity contribution in [1.29, 1.82) is 0 Å². The zero-order valence-corrected chi connectivity index (χ0v) is 13.1. The van der Waals surface area contributed by atoms with Crippen molar-refractivity contribution in [3.63, 3.8) is 0 Å². The zero-order chi connectivity index (χ0) is 15.8. The summed E-state index contributed by atoms with van der Waals surface area (Å²) in [6.45, 7) is 1.71. The molecule has 1 aromatic heterocycles. The Morgan fingerprint density at radius 1 is 1.43 bits per heavy atom. The van der Waals surface area contributed by atoms with Crippen LogP contribution in [0.15, 0.2) is 22.7 Å². The molecule has 0 aliphatic heterocycles. The predicted octanol–water partition coefficient (Wildman–Crippen LogP) is 4.85. The lowest BCUT2D eigenvalue weighted by Gasteiger charge is -2.11. The summed E-state index contributed by atoms with van der Waals surface area (Å²) < 4.78 is 39.6. The second kappa shape index (κ2) is 5.76. The van der Waals surface area contributed by atoms with Gasteiger partial charge in [-0.25, -0.2) is 9.78 Å². The van der Waals surface area contributed by atoms with Gasteiger partial charge in [0.2, 0.25) is 0 Å². The molecule has 0 bridgehead atoms. The van der Waals surface area contributed by atoms with E-state index >= 15 is 0 Å². The van der Waals surface area contributed by atoms with Crippen molar-refractivity contribution >= 4 is 33.2 Å². The second-order valence-electron chi connectivity index (χ2n) is 4.14. The Kier molecular flexibility index (Phi) is 4.38. The number of aromatic nitrogens is 1. The zero-order valence-electron chi connectivity index (χ0n) is 10.7. The summed E-state index contributed by atoms with van der Waals surface area (Å²) in [5.74, 6) is -1.18. The minimum Gasteiger partial charge on any atom is -0.477 e. The molecule has 0 aliphatic carbocycles. The van der Waals surface area contributed by atoms with E-state index < -0.39 is 17.7 Å². The number of carboxylic acid groups (broad SMARTS) is 1. The molecule has 0 aliphatic rings. The number of aryl methyl sites for hydroxylation is 1. The minimum absolute atomic E-state index is 0.0245. The smallest absolute Gasteiger partial charge is 0.417 e. The first kappa shape index (κ1) is 16.0. The van der Waals surface area contributed by atoms with E-state index in [4.69, 9.17) is 5.11 Å². The maximum atomic E-state index is 13.1. The van der Waals surface area contributed by atoms with Crippen LogP contribution in [0.1, 0.15) is 27.9 Å². The summed E-state index contributed by atoms with van der Waals surface area (Å²) in [5.41, 5.74) is -0.665. The fraction of sp³-hybridized carbons (Fsp3) is 0.231. The van der Waals surface area contributed by atoms with Gasteiger partial charge in [0.15, 0.2) is 0 Å². The molecule has 0 fully saturated rings. The van der Waals surface area contributed by atoms with E-state index in [9.17, 15) is 18.0 Å². The standard InChI is InChI=1S/C13H9BrF3NO2S/c1-2-9-10(12(19)20)21-11(18-9)7-4-3-6(14)5-8(7)13(15,16)17/h3-5H,2H2,1H3,(H,19,20). The van der Waals surface area contributed by atoms with Crippen molar-refractivity contribution in [3.8, 4) is 10.6 Å². The lowest BCUT2D eigenvalue weighted by atomic mass is 10.1. The van der Waals surface area contributed by atoms with Gasteiger partial charge in [-0.1, -0.05) is 28.9 Å². The third-order valence-electron chi connectivity index (χ3n) is 2.74. The molecule has 21 heavy (non-hydrogen) atoms. The SMILES string of the molecule is CCc1nc(-c2ccc(Br)cc2C(F)(F)F)sc1C(=O)O. The van der Waals surface area contributed by atoms with Gasteiger partial charge in [0.1, 0.15) is 9.88 Å². The molecule has 8 heteroatoms. The van der Waals surface area contributed by atoms with E-state index in [1.807, 2.05) is 0 Å². The Labute approximate surface area is 130 Å². The summed E-state index contributed by atoms with van der Waals surface area (Å²) in [6, 6.07) is 3.72. The number of carboxylic acids is 1. The molecule has 0 atom stereocenters. The Hall–Kier alpha value is -1.41. The van der Waals surface area contributed by atoms with E-state index in [2.05, 4.69) is 20.9 Å². The van der Waals surface area contributed by atoms with Gasteiger partial charge in [0.25, 0.3) is 0 Å². The van der Waals surface area contributed by atoms with Crippen LogP contribution < -0.4 is 0 Å². The molecule has 0 amide bonds. The number of alkyl halides is 3. The number of benzene rings is 1. The van der Waals surface area contributed by atoms with Crippen molar-refractivity contribution < 1.29 is 23.1 Å². The van der Waals surface area contributed by atoms with Crippen LogP contribution >= 0.6 is 27.3 Å². The molecule has 0 saturated heterocycles. The Morgan fingerprint density at radius 2 is 2.10 bits per heavy atom. The molecule has 2 rings (SSSR count). The molecule has 112 valence electrons. The molecule has 0 saturated carbocycles. The average Bonchev–Trinajstić information content (AvgIpc) is 2.81. The first-order chi connectivity index (χ1) is 9.74. The van der Waals surface area contributed by atoms with Gasteiger partial charge >= 0.3 is 12.1 Å². The van der Waals surface area contributed by atoms with Crippen molar-refractivity contribution in [3.05, 3.63) is 38.8 Å². The third-order valence-corrected chi connectivity index (χ3v) is 4.36. The highest BCUT2D eigenvalue weighted by molar-refractivity contribution is 9.10. The third kappa shape index (κ3) is 3.26. The summed E-state index contributed by atoms with van der Waals surface area (Å²) >= 11 is 3.76. The summed E-state index contributed by atoms with van der Waals surface area (Å²) in [7, 11) is 0. The summed E-state index contributed by atoms with van der Waals surface area (Å²) in [4.78, 5) is 15.1. The van der Waals surface area contributed by atoms with Crippen LogP contribution in [0.3, 0.4) is 0 Å². The highest BCUT2D eigenvalue weighted by Crippen LogP contribution is 2.40. The maximum Gasteiger partial charge on any atom is 0.417 e. The number of aromatic carboxylic acids is 1. The second-order valence-corrected chi connectivity index (χ2v) is 6.06. The topological polar surface area (TPSA) is 50.2 Å². The van der Waals surface area contributed by atoms with E-state index in [1.165, 1.54) is 12.1 Å². The van der Waals surface area contributed by atoms with E-state index in [0.717, 1.165) is 17.4 Å². The van der Waals surface area contributed by atoms with Gasteiger partial charge in [-0.05, 0) is 18.6 Å². The van der Waals surface area contributed by atoms with E-state index in [1.54, 1.807) is 6.92 Å². The molecule has 1 aromatic carbocycles. The number of thiazole rings is 1. The molecule has 1 heterocycles. The fourth-order valence-electron chi connectivity index (χ4n) is 1.81. The van der Waals surface area contributed by atoms with Crippen molar-refractivity contribution in [2.24, 2.45) is 0 Å². The van der Waals surface area contributed by atoms with Gasteiger partial charge in [0, 0.05) is 10.0 Å². The monoisotopic (exact) mass is 379 g/mol. The summed E-state index contributed by atoms with van der Waals surface area (Å²) in [5, 5.41) is 9.13. The number of halogens is 4. The number of hydrogen-bond donors (Lipinski definition) is 1. The van der Waals surface area contributed by atoms with Gasteiger partial charge in [-0.3, -0.25) is 0 Å². The van der Waals surface area contributed by atoms with Gasteiger partial charge in [-0.2, -0.15) is 13.2 Å². The normalized spacial score (nSPS) is 11.7. The fourth-order valence-corrected chi connectivity index (χ4v) is 3.20. The lowest BCUT2D eigenvalue weighted by Crippen LogP contribution is -2.07. The molecule has 1 N–H and O–H groups in total. The molecular formula is C13H9BrF3NO2S. The molecule has 0 spiro atoms. The largest absolute Gasteiger partial charge is 0.477 e. The van der Waals surface area contributed by atoms with Crippen LogP contribution in [0.5, 0.6) is 0 Å². The number of nitrogens with zero attached hydrogens (tertiary/aromatic N) is 1. The highest BCUT2D eigenvalue weighted by Gasteiger charge is 2.35. The quantitative estimate of drug-likeness (QED) is 0.828. The Bertz CT molecular complexity index is 697. The average molecular weight is 380 g/mol. The molecule has 2 aromatic rings. The van der Waals surface area contributed by atoms with Crippen LogP contribution in [-0.4, -0.2) is 16.1 Å². The van der Waals surface area contributed by atoms with Crippen LogP contribution in [0, 0.1) is 0 Å². The molecule has 0 radical (unpaired) electrons.